The summed E-state index contributed by atoms with van der Waals surface area (Å²) in [5.41, 5.74) is 1.11. The van der Waals surface area contributed by atoms with Crippen LogP contribution in [0.2, 0.25) is 0 Å². The van der Waals surface area contributed by atoms with Gasteiger partial charge in [0.1, 0.15) is 0 Å². The van der Waals surface area contributed by atoms with E-state index in [9.17, 15) is 0 Å². The van der Waals surface area contributed by atoms with Gasteiger partial charge in [-0.1, -0.05) is 11.0 Å². The molecule has 0 bridgehead atoms. The molecule has 0 amide bonds. The number of hydrogen-bond acceptors (Lipinski definition) is 2. The van der Waals surface area contributed by atoms with Crippen LogP contribution in [0.15, 0.2) is 6.20 Å². The first-order valence-electron chi connectivity index (χ1n) is 4.67. The van der Waals surface area contributed by atoms with Crippen LogP contribution in [0, 0.1) is 0 Å². The van der Waals surface area contributed by atoms with Crippen molar-refractivity contribution in [3.8, 4) is 0 Å². The van der Waals surface area contributed by atoms with Gasteiger partial charge < -0.3 is 0 Å². The van der Waals surface area contributed by atoms with Crippen molar-refractivity contribution >= 4 is 13.3 Å². The molecule has 0 saturated carbocycles. The zero-order chi connectivity index (χ0) is 9.68. The van der Waals surface area contributed by atoms with Gasteiger partial charge in [-0.3, -0.25) is 4.68 Å². The Balaban J connectivity index is 2.24. The number of rotatable bonds is 4. The standard InChI is InChI=1S/C9H18N3P/c1-12-8-9(10-11-12)6-4-5-7-13(2)3/h7-8,13H,4-6H2,1-3H3. The van der Waals surface area contributed by atoms with Crippen LogP contribution < -0.4 is 0 Å². The van der Waals surface area contributed by atoms with Crippen molar-refractivity contribution in [2.45, 2.75) is 19.3 Å². The summed E-state index contributed by atoms with van der Waals surface area (Å²) in [6, 6.07) is 0. The maximum Gasteiger partial charge on any atom is 0.0827 e. The highest BCUT2D eigenvalue weighted by molar-refractivity contribution is 7.55. The van der Waals surface area contributed by atoms with E-state index in [1.54, 1.807) is 4.68 Å². The van der Waals surface area contributed by atoms with E-state index in [2.05, 4.69) is 29.4 Å². The molecule has 0 aromatic carbocycles. The molecule has 0 atom stereocenters. The molecule has 3 nitrogen and oxygen atoms in total. The molecule has 13 heavy (non-hydrogen) atoms. The quantitative estimate of drug-likeness (QED) is 0.542. The predicted octanol–water partition coefficient (Wildman–Crippen LogP) is 1.41. The number of hydrogen-bond donors (Lipinski definition) is 0. The van der Waals surface area contributed by atoms with E-state index in [0.717, 1.165) is 12.1 Å². The van der Waals surface area contributed by atoms with Crippen LogP contribution in [0.4, 0.5) is 0 Å². The number of aryl methyl sites for hydroxylation is 2. The molecule has 0 radical (unpaired) electrons. The van der Waals surface area contributed by atoms with E-state index in [1.165, 1.54) is 12.8 Å². The Hall–Kier alpha value is -0.560. The van der Waals surface area contributed by atoms with Crippen LogP contribution >= 0.6 is 7.55 Å². The molecule has 1 rings (SSSR count). The number of unbranched alkanes of at least 4 members (excludes halogenated alkanes) is 1. The summed E-state index contributed by atoms with van der Waals surface area (Å²) in [7, 11) is 1.76. The minimum atomic E-state index is -0.150. The largest absolute Gasteiger partial charge is 0.255 e. The molecule has 0 fully saturated rings. The molecule has 0 aliphatic heterocycles. The molecule has 0 spiro atoms. The van der Waals surface area contributed by atoms with E-state index in [-0.39, 0.29) is 7.55 Å². The SMILES string of the molecule is Cn1cc(CCCC=[PH](C)C)nn1. The molecule has 4 heteroatoms. The van der Waals surface area contributed by atoms with Gasteiger partial charge in [0.05, 0.1) is 5.69 Å². The third-order valence-corrected chi connectivity index (χ3v) is 2.94. The summed E-state index contributed by atoms with van der Waals surface area (Å²) in [6.45, 7) is 4.62. The van der Waals surface area contributed by atoms with Gasteiger partial charge in [-0.25, -0.2) is 0 Å². The Labute approximate surface area is 80.5 Å². The first kappa shape index (κ1) is 10.5. The Morgan fingerprint density at radius 2 is 2.31 bits per heavy atom. The van der Waals surface area contributed by atoms with Gasteiger partial charge in [0, 0.05) is 13.2 Å². The summed E-state index contributed by atoms with van der Waals surface area (Å²) in [5, 5.41) is 7.93. The lowest BCUT2D eigenvalue weighted by Gasteiger charge is -1.93. The van der Waals surface area contributed by atoms with Crippen molar-refractivity contribution in [3.63, 3.8) is 0 Å². The van der Waals surface area contributed by atoms with E-state index in [1.807, 2.05) is 13.2 Å². The fourth-order valence-electron chi connectivity index (χ4n) is 1.18. The van der Waals surface area contributed by atoms with Crippen molar-refractivity contribution in [1.29, 1.82) is 0 Å². The normalized spacial score (nSPS) is 10.8. The maximum atomic E-state index is 4.04. The molecular weight excluding hydrogens is 181 g/mol. The molecule has 1 heterocycles. The lowest BCUT2D eigenvalue weighted by molar-refractivity contribution is 0.712. The molecule has 0 saturated heterocycles. The van der Waals surface area contributed by atoms with Crippen LogP contribution in [-0.4, -0.2) is 34.1 Å². The Morgan fingerprint density at radius 1 is 1.54 bits per heavy atom. The molecule has 0 aliphatic carbocycles. The predicted molar refractivity (Wildman–Crippen MR) is 60.2 cm³/mol. The number of nitrogens with zero attached hydrogens (tertiary/aromatic N) is 3. The fraction of sp³-hybridized carbons (Fsp3) is 0.667. The van der Waals surface area contributed by atoms with Crippen LogP contribution in [-0.2, 0) is 13.5 Å². The topological polar surface area (TPSA) is 30.7 Å². The second-order valence-electron chi connectivity index (χ2n) is 3.56. The first-order chi connectivity index (χ1) is 6.18. The van der Waals surface area contributed by atoms with Crippen molar-refractivity contribution in [1.82, 2.24) is 15.0 Å². The first-order valence-corrected chi connectivity index (χ1v) is 7.25. The van der Waals surface area contributed by atoms with E-state index >= 15 is 0 Å². The molecule has 74 valence electrons. The summed E-state index contributed by atoms with van der Waals surface area (Å²) in [6.07, 6.45) is 5.47. The summed E-state index contributed by atoms with van der Waals surface area (Å²) in [5.74, 6) is 2.45. The third-order valence-electron chi connectivity index (χ3n) is 1.84. The third kappa shape index (κ3) is 4.28. The van der Waals surface area contributed by atoms with Crippen LogP contribution in [0.1, 0.15) is 18.5 Å². The molecular formula is C9H18N3P. The van der Waals surface area contributed by atoms with Gasteiger partial charge in [0.15, 0.2) is 0 Å². The molecule has 1 aromatic heterocycles. The monoisotopic (exact) mass is 199 g/mol. The maximum absolute atomic E-state index is 4.04. The van der Waals surface area contributed by atoms with Crippen LogP contribution in [0.5, 0.6) is 0 Å². The Kier molecular flexibility index (Phi) is 4.23. The van der Waals surface area contributed by atoms with Crippen LogP contribution in [0.3, 0.4) is 0 Å². The zero-order valence-corrected chi connectivity index (χ0v) is 9.62. The van der Waals surface area contributed by atoms with Gasteiger partial charge in [-0.15, -0.1) is 12.6 Å². The van der Waals surface area contributed by atoms with E-state index < -0.39 is 0 Å². The second kappa shape index (κ2) is 5.23. The van der Waals surface area contributed by atoms with Gasteiger partial charge >= 0.3 is 0 Å². The van der Waals surface area contributed by atoms with Crippen molar-refractivity contribution in [3.05, 3.63) is 11.9 Å². The second-order valence-corrected chi connectivity index (χ2v) is 6.12. The highest BCUT2D eigenvalue weighted by Crippen LogP contribution is 2.09. The lowest BCUT2D eigenvalue weighted by Crippen LogP contribution is -1.86. The average molecular weight is 199 g/mol. The van der Waals surface area contributed by atoms with E-state index in [0.29, 0.717) is 0 Å². The lowest BCUT2D eigenvalue weighted by atomic mass is 10.2. The van der Waals surface area contributed by atoms with Crippen molar-refractivity contribution in [2.75, 3.05) is 13.3 Å². The van der Waals surface area contributed by atoms with Gasteiger partial charge in [-0.2, -0.15) is 0 Å². The number of aromatic nitrogens is 3. The average Bonchev–Trinajstić information content (AvgIpc) is 2.45. The Bertz CT molecular complexity index is 287. The zero-order valence-electron chi connectivity index (χ0n) is 8.62. The Morgan fingerprint density at radius 3 is 2.85 bits per heavy atom. The molecule has 0 aliphatic rings. The van der Waals surface area contributed by atoms with Gasteiger partial charge in [0.2, 0.25) is 0 Å². The molecule has 1 aromatic rings. The minimum Gasteiger partial charge on any atom is -0.255 e. The van der Waals surface area contributed by atoms with E-state index in [4.69, 9.17) is 0 Å². The fourth-order valence-corrected chi connectivity index (χ4v) is 1.97. The smallest absolute Gasteiger partial charge is 0.0827 e. The van der Waals surface area contributed by atoms with Gasteiger partial charge in [0.25, 0.3) is 0 Å². The highest BCUT2D eigenvalue weighted by atomic mass is 31.1. The summed E-state index contributed by atoms with van der Waals surface area (Å²) in [4.78, 5) is 0. The minimum absolute atomic E-state index is 0.150. The van der Waals surface area contributed by atoms with Crippen molar-refractivity contribution in [2.24, 2.45) is 7.05 Å². The summed E-state index contributed by atoms with van der Waals surface area (Å²) >= 11 is 0. The summed E-state index contributed by atoms with van der Waals surface area (Å²) < 4.78 is 1.76. The van der Waals surface area contributed by atoms with Crippen LogP contribution in [0.25, 0.3) is 0 Å². The molecule has 0 N–H and O–H groups in total. The van der Waals surface area contributed by atoms with Crippen molar-refractivity contribution < 1.29 is 0 Å². The highest BCUT2D eigenvalue weighted by Gasteiger charge is 1.96. The molecule has 0 unspecified atom stereocenters. The van der Waals surface area contributed by atoms with Gasteiger partial charge in [-0.05, 0) is 32.6 Å².